The van der Waals surface area contributed by atoms with Gasteiger partial charge in [0.15, 0.2) is 0 Å². The third kappa shape index (κ3) is 5.35. The number of benzene rings is 2. The summed E-state index contributed by atoms with van der Waals surface area (Å²) < 4.78 is 5.29. The van der Waals surface area contributed by atoms with Crippen molar-refractivity contribution in [3.8, 4) is 0 Å². The lowest BCUT2D eigenvalue weighted by Gasteiger charge is -2.31. The molecule has 2 N–H and O–H groups in total. The first kappa shape index (κ1) is 21.5. The van der Waals surface area contributed by atoms with Gasteiger partial charge in [0.25, 0.3) is 0 Å². The maximum atomic E-state index is 12.4. The Bertz CT molecular complexity index is 805. The van der Waals surface area contributed by atoms with E-state index in [1.54, 1.807) is 13.8 Å². The number of ether oxygens (including phenoxy) is 1. The number of hydrogen-bond acceptors (Lipinski definition) is 3. The van der Waals surface area contributed by atoms with E-state index in [1.165, 1.54) is 0 Å². The van der Waals surface area contributed by atoms with Gasteiger partial charge < -0.3 is 15.2 Å². The van der Waals surface area contributed by atoms with Gasteiger partial charge in [-0.1, -0.05) is 75.4 Å². The van der Waals surface area contributed by atoms with Gasteiger partial charge in [0, 0.05) is 0 Å². The molecular weight excluding hydrogens is 354 g/mol. The highest BCUT2D eigenvalue weighted by atomic mass is 16.5. The predicted molar refractivity (Wildman–Crippen MR) is 109 cm³/mol. The smallest absolute Gasteiger partial charge is 0.407 e. The molecule has 0 spiro atoms. The van der Waals surface area contributed by atoms with Crippen LogP contribution in [0.15, 0.2) is 54.6 Å². The van der Waals surface area contributed by atoms with Crippen LogP contribution in [-0.2, 0) is 21.6 Å². The number of nitrogens with one attached hydrogen (secondary N) is 1. The average Bonchev–Trinajstić information content (AvgIpc) is 2.64. The van der Waals surface area contributed by atoms with Gasteiger partial charge in [0.1, 0.15) is 6.61 Å². The fourth-order valence-corrected chi connectivity index (χ4v) is 2.86. The van der Waals surface area contributed by atoms with Gasteiger partial charge in [-0.15, -0.1) is 0 Å². The normalized spacial score (nSPS) is 12.9. The molecule has 0 aromatic heterocycles. The van der Waals surface area contributed by atoms with Crippen LogP contribution in [0.25, 0.3) is 0 Å². The zero-order chi connectivity index (χ0) is 20.9. The highest BCUT2D eigenvalue weighted by molar-refractivity contribution is 5.77. The van der Waals surface area contributed by atoms with Crippen LogP contribution in [0.1, 0.15) is 57.4 Å². The van der Waals surface area contributed by atoms with Crippen molar-refractivity contribution in [1.29, 1.82) is 0 Å². The van der Waals surface area contributed by atoms with Crippen molar-refractivity contribution < 1.29 is 19.4 Å². The summed E-state index contributed by atoms with van der Waals surface area (Å²) >= 11 is 0. The van der Waals surface area contributed by atoms with E-state index in [4.69, 9.17) is 4.74 Å². The Hall–Kier alpha value is -2.82. The zero-order valence-electron chi connectivity index (χ0n) is 17.2. The molecule has 2 aromatic rings. The summed E-state index contributed by atoms with van der Waals surface area (Å²) in [6.45, 7) is 9.64. The summed E-state index contributed by atoms with van der Waals surface area (Å²) in [7, 11) is 0. The van der Waals surface area contributed by atoms with E-state index in [-0.39, 0.29) is 12.0 Å². The molecule has 28 heavy (non-hydrogen) atoms. The van der Waals surface area contributed by atoms with E-state index in [0.29, 0.717) is 0 Å². The molecule has 0 saturated carbocycles. The zero-order valence-corrected chi connectivity index (χ0v) is 17.2. The van der Waals surface area contributed by atoms with Crippen LogP contribution in [0.3, 0.4) is 0 Å². The Morgan fingerprint density at radius 3 is 2.04 bits per heavy atom. The lowest BCUT2D eigenvalue weighted by molar-refractivity contribution is -0.148. The lowest BCUT2D eigenvalue weighted by atomic mass is 9.79. The van der Waals surface area contributed by atoms with Gasteiger partial charge in [-0.05, 0) is 36.0 Å². The Kier molecular flexibility index (Phi) is 6.49. The Morgan fingerprint density at radius 1 is 0.964 bits per heavy atom. The molecule has 1 atom stereocenters. The van der Waals surface area contributed by atoms with Crippen LogP contribution in [0, 0.1) is 5.41 Å². The molecule has 5 heteroatoms. The average molecular weight is 383 g/mol. The summed E-state index contributed by atoms with van der Waals surface area (Å²) in [5.74, 6) is -0.999. The number of rotatable bonds is 6. The molecule has 1 amide bonds. The maximum Gasteiger partial charge on any atom is 0.407 e. The SMILES string of the molecule is CC(C)(C)c1ccc([C@H](NC(=O)OCc2ccccc2)C(C)(C)C(=O)O)cc1. The van der Waals surface area contributed by atoms with Crippen molar-refractivity contribution in [1.82, 2.24) is 5.32 Å². The molecule has 0 aliphatic rings. The van der Waals surface area contributed by atoms with E-state index < -0.39 is 23.5 Å². The molecular formula is C23H29NO4. The van der Waals surface area contributed by atoms with Crippen LogP contribution in [0.5, 0.6) is 0 Å². The largest absolute Gasteiger partial charge is 0.481 e. The first-order chi connectivity index (χ1) is 13.0. The summed E-state index contributed by atoms with van der Waals surface area (Å²) in [6.07, 6.45) is -0.650. The number of alkyl carbamates (subject to hydrolysis) is 1. The third-order valence-corrected chi connectivity index (χ3v) is 4.86. The van der Waals surface area contributed by atoms with Crippen molar-refractivity contribution in [2.75, 3.05) is 0 Å². The molecule has 150 valence electrons. The molecule has 0 radical (unpaired) electrons. The Labute approximate surface area is 166 Å². The number of amides is 1. The summed E-state index contributed by atoms with van der Waals surface area (Å²) in [4.78, 5) is 24.2. The van der Waals surface area contributed by atoms with Crippen molar-refractivity contribution in [3.63, 3.8) is 0 Å². The topological polar surface area (TPSA) is 75.6 Å². The van der Waals surface area contributed by atoms with Crippen molar-refractivity contribution in [2.24, 2.45) is 5.41 Å². The minimum atomic E-state index is -1.21. The van der Waals surface area contributed by atoms with Crippen LogP contribution >= 0.6 is 0 Å². The Balaban J connectivity index is 2.20. The molecule has 0 saturated heterocycles. The van der Waals surface area contributed by atoms with Crippen LogP contribution in [-0.4, -0.2) is 17.2 Å². The first-order valence-corrected chi connectivity index (χ1v) is 9.33. The second kappa shape index (κ2) is 8.46. The number of carboxylic acids is 1. The van der Waals surface area contributed by atoms with Gasteiger partial charge in [0.2, 0.25) is 0 Å². The molecule has 5 nitrogen and oxygen atoms in total. The second-order valence-corrected chi connectivity index (χ2v) is 8.54. The van der Waals surface area contributed by atoms with E-state index in [9.17, 15) is 14.7 Å². The van der Waals surface area contributed by atoms with Gasteiger partial charge in [0.05, 0.1) is 11.5 Å². The summed E-state index contributed by atoms with van der Waals surface area (Å²) in [6, 6.07) is 16.3. The molecule has 0 unspecified atom stereocenters. The quantitative estimate of drug-likeness (QED) is 0.731. The van der Waals surface area contributed by atoms with Crippen molar-refractivity contribution >= 4 is 12.1 Å². The molecule has 0 heterocycles. The number of hydrogen-bond donors (Lipinski definition) is 2. The number of carbonyl (C=O) groups is 2. The van der Waals surface area contributed by atoms with Crippen LogP contribution < -0.4 is 5.32 Å². The summed E-state index contributed by atoms with van der Waals surface area (Å²) in [5.41, 5.74) is 1.49. The Morgan fingerprint density at radius 2 is 1.54 bits per heavy atom. The first-order valence-electron chi connectivity index (χ1n) is 9.33. The number of carbonyl (C=O) groups excluding carboxylic acids is 1. The number of aliphatic carboxylic acids is 1. The molecule has 0 aliphatic heterocycles. The summed E-state index contributed by atoms with van der Waals surface area (Å²) in [5, 5.41) is 12.4. The third-order valence-electron chi connectivity index (χ3n) is 4.86. The number of carboxylic acid groups (broad SMARTS) is 1. The van der Waals surface area contributed by atoms with E-state index in [2.05, 4.69) is 26.1 Å². The van der Waals surface area contributed by atoms with Crippen LogP contribution in [0.2, 0.25) is 0 Å². The molecule has 0 aliphatic carbocycles. The minimum Gasteiger partial charge on any atom is -0.481 e. The minimum absolute atomic E-state index is 0.0155. The maximum absolute atomic E-state index is 12.4. The lowest BCUT2D eigenvalue weighted by Crippen LogP contribution is -2.42. The van der Waals surface area contributed by atoms with E-state index >= 15 is 0 Å². The molecule has 2 aromatic carbocycles. The fourth-order valence-electron chi connectivity index (χ4n) is 2.86. The molecule has 2 rings (SSSR count). The monoisotopic (exact) mass is 383 g/mol. The second-order valence-electron chi connectivity index (χ2n) is 8.54. The van der Waals surface area contributed by atoms with Gasteiger partial charge in [-0.25, -0.2) is 4.79 Å². The van der Waals surface area contributed by atoms with Crippen LogP contribution in [0.4, 0.5) is 4.79 Å². The molecule has 0 bridgehead atoms. The van der Waals surface area contributed by atoms with E-state index in [1.807, 2.05) is 54.6 Å². The standard InChI is InChI=1S/C23H29NO4/c1-22(2,3)18-13-11-17(12-14-18)19(23(4,5)20(25)26)24-21(27)28-15-16-9-7-6-8-10-16/h6-14,19H,15H2,1-5H3,(H,24,27)(H,25,26)/t19-/m0/s1. The highest BCUT2D eigenvalue weighted by Crippen LogP contribution is 2.35. The van der Waals surface area contributed by atoms with Crippen molar-refractivity contribution in [2.45, 2.75) is 52.7 Å². The molecule has 0 fully saturated rings. The van der Waals surface area contributed by atoms with Gasteiger partial charge in [-0.2, -0.15) is 0 Å². The van der Waals surface area contributed by atoms with E-state index in [0.717, 1.165) is 16.7 Å². The van der Waals surface area contributed by atoms with Gasteiger partial charge >= 0.3 is 12.1 Å². The van der Waals surface area contributed by atoms with Crippen molar-refractivity contribution in [3.05, 3.63) is 71.3 Å². The predicted octanol–water partition coefficient (Wildman–Crippen LogP) is 5.06. The van der Waals surface area contributed by atoms with Gasteiger partial charge in [-0.3, -0.25) is 4.79 Å². The highest BCUT2D eigenvalue weighted by Gasteiger charge is 2.39. The fraction of sp³-hybridized carbons (Fsp3) is 0.391.